The molecular formula is C15H22N. The number of hydrogen-bond donors (Lipinski definition) is 0. The number of rotatable bonds is 3. The molecule has 1 radical (unpaired) electrons. The van der Waals surface area contributed by atoms with Crippen molar-refractivity contribution in [2.45, 2.75) is 26.2 Å². The molecule has 2 rings (SSSR count). The molecule has 1 heterocycles. The Bertz CT molecular complexity index is 307. The first-order valence-electron chi connectivity index (χ1n) is 6.35. The van der Waals surface area contributed by atoms with Crippen LogP contribution in [-0.2, 0) is 6.42 Å². The van der Waals surface area contributed by atoms with Gasteiger partial charge in [0.2, 0.25) is 0 Å². The van der Waals surface area contributed by atoms with E-state index in [4.69, 9.17) is 0 Å². The Hall–Kier alpha value is -0.820. The van der Waals surface area contributed by atoms with Crippen molar-refractivity contribution in [3.05, 3.63) is 41.8 Å². The van der Waals surface area contributed by atoms with Crippen LogP contribution in [0.1, 0.15) is 30.9 Å². The molecule has 1 heteroatoms. The van der Waals surface area contributed by atoms with E-state index in [1.165, 1.54) is 43.5 Å². The zero-order chi connectivity index (χ0) is 11.4. The third kappa shape index (κ3) is 3.08. The average molecular weight is 216 g/mol. The van der Waals surface area contributed by atoms with Crippen molar-refractivity contribution in [2.24, 2.45) is 5.92 Å². The molecule has 1 aliphatic rings. The first kappa shape index (κ1) is 11.7. The molecule has 0 amide bonds. The van der Waals surface area contributed by atoms with Crippen molar-refractivity contribution >= 4 is 0 Å². The van der Waals surface area contributed by atoms with Gasteiger partial charge in [0.1, 0.15) is 0 Å². The highest BCUT2D eigenvalue weighted by molar-refractivity contribution is 5.27. The fourth-order valence-electron chi connectivity index (χ4n) is 2.45. The minimum absolute atomic E-state index is 0.896. The molecule has 0 N–H and O–H groups in total. The lowest BCUT2D eigenvalue weighted by Gasteiger charge is -2.28. The van der Waals surface area contributed by atoms with E-state index >= 15 is 0 Å². The van der Waals surface area contributed by atoms with Gasteiger partial charge in [0.15, 0.2) is 0 Å². The minimum Gasteiger partial charge on any atom is -0.306 e. The van der Waals surface area contributed by atoms with E-state index in [0.29, 0.717) is 0 Å². The highest BCUT2D eigenvalue weighted by Gasteiger charge is 2.16. The highest BCUT2D eigenvalue weighted by Crippen LogP contribution is 2.21. The zero-order valence-corrected chi connectivity index (χ0v) is 10.4. The minimum atomic E-state index is 0.896. The van der Waals surface area contributed by atoms with Crippen LogP contribution in [0.15, 0.2) is 24.3 Å². The van der Waals surface area contributed by atoms with E-state index < -0.39 is 0 Å². The van der Waals surface area contributed by atoms with Gasteiger partial charge in [-0.15, -0.1) is 0 Å². The van der Waals surface area contributed by atoms with Crippen LogP contribution in [-0.4, -0.2) is 25.0 Å². The summed E-state index contributed by atoms with van der Waals surface area (Å²) in [5.74, 6) is 0.896. The van der Waals surface area contributed by atoms with E-state index in [1.54, 1.807) is 0 Å². The van der Waals surface area contributed by atoms with Crippen LogP contribution < -0.4 is 0 Å². The van der Waals surface area contributed by atoms with Crippen LogP contribution >= 0.6 is 0 Å². The smallest absolute Gasteiger partial charge is 0.00190 e. The average Bonchev–Trinajstić information content (AvgIpc) is 2.33. The molecule has 1 aromatic carbocycles. The Morgan fingerprint density at radius 2 is 1.81 bits per heavy atom. The number of likely N-dealkylation sites (tertiary alicyclic amines) is 1. The van der Waals surface area contributed by atoms with Crippen LogP contribution in [0, 0.1) is 12.3 Å². The summed E-state index contributed by atoms with van der Waals surface area (Å²) in [7, 11) is 2.22. The molecule has 1 nitrogen and oxygen atoms in total. The van der Waals surface area contributed by atoms with Gasteiger partial charge in [-0.3, -0.25) is 0 Å². The lowest BCUT2D eigenvalue weighted by molar-refractivity contribution is 0.219. The van der Waals surface area contributed by atoms with Gasteiger partial charge in [-0.05, 0) is 62.9 Å². The van der Waals surface area contributed by atoms with E-state index in [1.807, 2.05) is 0 Å². The van der Waals surface area contributed by atoms with Gasteiger partial charge in [0, 0.05) is 0 Å². The second-order valence-electron chi connectivity index (χ2n) is 4.98. The molecule has 0 atom stereocenters. The lowest BCUT2D eigenvalue weighted by Crippen LogP contribution is -2.30. The van der Waals surface area contributed by atoms with Crippen molar-refractivity contribution < 1.29 is 0 Å². The fraction of sp³-hybridized carbons (Fsp3) is 0.533. The number of hydrogen-bond acceptors (Lipinski definition) is 1. The molecule has 16 heavy (non-hydrogen) atoms. The molecule has 1 aliphatic heterocycles. The molecule has 0 saturated carbocycles. The summed E-state index contributed by atoms with van der Waals surface area (Å²) in [6.07, 6.45) is 6.13. The van der Waals surface area contributed by atoms with Gasteiger partial charge >= 0.3 is 0 Å². The highest BCUT2D eigenvalue weighted by atomic mass is 15.1. The Kier molecular flexibility index (Phi) is 4.00. The summed E-state index contributed by atoms with van der Waals surface area (Å²) in [5, 5.41) is 0. The number of piperidine rings is 1. The van der Waals surface area contributed by atoms with Crippen molar-refractivity contribution in [3.8, 4) is 0 Å². The monoisotopic (exact) mass is 216 g/mol. The largest absolute Gasteiger partial charge is 0.306 e. The van der Waals surface area contributed by atoms with Gasteiger partial charge in [-0.2, -0.15) is 0 Å². The second-order valence-corrected chi connectivity index (χ2v) is 4.98. The first-order chi connectivity index (χ1) is 7.78. The predicted molar refractivity (Wildman–Crippen MR) is 69.4 cm³/mol. The van der Waals surface area contributed by atoms with E-state index in [0.717, 1.165) is 5.92 Å². The third-order valence-electron chi connectivity index (χ3n) is 3.68. The van der Waals surface area contributed by atoms with Crippen molar-refractivity contribution in [3.63, 3.8) is 0 Å². The Labute approximate surface area is 99.5 Å². The van der Waals surface area contributed by atoms with E-state index in [9.17, 15) is 0 Å². The summed E-state index contributed by atoms with van der Waals surface area (Å²) in [6.45, 7) is 4.63. The summed E-state index contributed by atoms with van der Waals surface area (Å²) in [4.78, 5) is 2.44. The van der Waals surface area contributed by atoms with Crippen molar-refractivity contribution in [1.29, 1.82) is 0 Å². The SMILES string of the molecule is C[CH]c1ccc(CC2CCN(C)CC2)cc1. The van der Waals surface area contributed by atoms with Crippen LogP contribution in [0.3, 0.4) is 0 Å². The quantitative estimate of drug-likeness (QED) is 0.750. The summed E-state index contributed by atoms with van der Waals surface area (Å²) >= 11 is 0. The molecule has 0 bridgehead atoms. The summed E-state index contributed by atoms with van der Waals surface area (Å²) in [5.41, 5.74) is 2.83. The van der Waals surface area contributed by atoms with Gasteiger partial charge in [0.05, 0.1) is 0 Å². The molecule has 0 aromatic heterocycles. The third-order valence-corrected chi connectivity index (χ3v) is 3.68. The Morgan fingerprint density at radius 1 is 1.19 bits per heavy atom. The second kappa shape index (κ2) is 5.49. The molecule has 0 aliphatic carbocycles. The molecule has 0 unspecified atom stereocenters. The molecule has 87 valence electrons. The van der Waals surface area contributed by atoms with Crippen molar-refractivity contribution in [1.82, 2.24) is 4.90 Å². The van der Waals surface area contributed by atoms with Gasteiger partial charge in [-0.1, -0.05) is 31.2 Å². The Morgan fingerprint density at radius 3 is 2.38 bits per heavy atom. The zero-order valence-electron chi connectivity index (χ0n) is 10.4. The maximum absolute atomic E-state index is 2.44. The van der Waals surface area contributed by atoms with Gasteiger partial charge < -0.3 is 4.90 Å². The van der Waals surface area contributed by atoms with E-state index in [-0.39, 0.29) is 0 Å². The normalized spacial score (nSPS) is 18.9. The Balaban J connectivity index is 1.88. The predicted octanol–water partition coefficient (Wildman–Crippen LogP) is 3.14. The van der Waals surface area contributed by atoms with Crippen LogP contribution in [0.25, 0.3) is 0 Å². The molecule has 1 saturated heterocycles. The van der Waals surface area contributed by atoms with Crippen LogP contribution in [0.2, 0.25) is 0 Å². The molecule has 1 aromatic rings. The lowest BCUT2D eigenvalue weighted by atomic mass is 9.90. The summed E-state index contributed by atoms with van der Waals surface area (Å²) in [6, 6.07) is 9.02. The standard InChI is InChI=1S/C15H22N/c1-3-13-4-6-14(7-5-13)12-15-8-10-16(2)11-9-15/h3-7,15H,8-12H2,1-2H3. The fourth-order valence-corrected chi connectivity index (χ4v) is 2.45. The molecular weight excluding hydrogens is 194 g/mol. The maximum atomic E-state index is 2.44. The topological polar surface area (TPSA) is 3.24 Å². The maximum Gasteiger partial charge on any atom is -0.00190 e. The first-order valence-corrected chi connectivity index (χ1v) is 6.35. The van der Waals surface area contributed by atoms with Gasteiger partial charge in [0.25, 0.3) is 0 Å². The molecule has 0 spiro atoms. The number of nitrogens with zero attached hydrogens (tertiary/aromatic N) is 1. The molecule has 1 fully saturated rings. The van der Waals surface area contributed by atoms with Crippen LogP contribution in [0.5, 0.6) is 0 Å². The van der Waals surface area contributed by atoms with Gasteiger partial charge in [-0.25, -0.2) is 0 Å². The summed E-state index contributed by atoms with van der Waals surface area (Å²) < 4.78 is 0. The van der Waals surface area contributed by atoms with E-state index in [2.05, 4.69) is 49.6 Å². The van der Waals surface area contributed by atoms with Crippen molar-refractivity contribution in [2.75, 3.05) is 20.1 Å². The van der Waals surface area contributed by atoms with Crippen LogP contribution in [0.4, 0.5) is 0 Å². The number of benzene rings is 1.